The first-order valence-corrected chi connectivity index (χ1v) is 11.3. The van der Waals surface area contributed by atoms with Gasteiger partial charge >= 0.3 is 0 Å². The first-order chi connectivity index (χ1) is 13.3. The highest BCUT2D eigenvalue weighted by molar-refractivity contribution is 8.16. The minimum Gasteiger partial charge on any atom is -0.316 e. The van der Waals surface area contributed by atoms with E-state index in [1.165, 1.54) is 48.2 Å². The predicted octanol–water partition coefficient (Wildman–Crippen LogP) is 2.81. The lowest BCUT2D eigenvalue weighted by molar-refractivity contribution is -0.117. The summed E-state index contributed by atoms with van der Waals surface area (Å²) in [4.78, 5) is 18.3. The standard InChI is InChI=1S/C19H16F2N2O3S2/c20-13-3-1-12(2-4-13)9-18(24)22-19-23(15-7-5-14(21)6-8-15)16-10-28(25,26)11-17(16)27-19/h1-8,16-17H,9-11H2. The number of fused-ring (bicyclic) bond motifs is 1. The van der Waals surface area contributed by atoms with Gasteiger partial charge in [0.1, 0.15) is 11.6 Å². The monoisotopic (exact) mass is 422 g/mol. The lowest BCUT2D eigenvalue weighted by Crippen LogP contribution is -2.37. The van der Waals surface area contributed by atoms with E-state index in [-0.39, 0.29) is 35.0 Å². The van der Waals surface area contributed by atoms with Gasteiger partial charge in [-0.05, 0) is 42.0 Å². The van der Waals surface area contributed by atoms with Crippen molar-refractivity contribution >= 4 is 38.4 Å². The summed E-state index contributed by atoms with van der Waals surface area (Å²) in [5.74, 6) is -1.22. The molecule has 5 nitrogen and oxygen atoms in total. The number of amides is 1. The molecule has 1 amide bonds. The summed E-state index contributed by atoms with van der Waals surface area (Å²) in [5.41, 5.74) is 1.22. The van der Waals surface area contributed by atoms with E-state index in [0.717, 1.165) is 0 Å². The first-order valence-electron chi connectivity index (χ1n) is 8.58. The van der Waals surface area contributed by atoms with E-state index >= 15 is 0 Å². The van der Waals surface area contributed by atoms with Crippen LogP contribution < -0.4 is 4.90 Å². The third kappa shape index (κ3) is 3.95. The number of sulfone groups is 1. The number of thioether (sulfide) groups is 1. The summed E-state index contributed by atoms with van der Waals surface area (Å²) in [6, 6.07) is 10.9. The average molecular weight is 422 g/mol. The van der Waals surface area contributed by atoms with Gasteiger partial charge in [0.15, 0.2) is 15.0 Å². The Kier molecular flexibility index (Phi) is 4.96. The van der Waals surface area contributed by atoms with Crippen LogP contribution in [-0.4, -0.2) is 42.3 Å². The van der Waals surface area contributed by atoms with Crippen LogP contribution in [0.1, 0.15) is 5.56 Å². The minimum atomic E-state index is -3.17. The number of hydrogen-bond donors (Lipinski definition) is 0. The molecule has 28 heavy (non-hydrogen) atoms. The highest BCUT2D eigenvalue weighted by Crippen LogP contribution is 2.41. The van der Waals surface area contributed by atoms with Gasteiger partial charge in [-0.15, -0.1) is 0 Å². The zero-order valence-electron chi connectivity index (χ0n) is 14.6. The molecule has 9 heteroatoms. The van der Waals surface area contributed by atoms with Crippen LogP contribution in [0.2, 0.25) is 0 Å². The number of hydrogen-bond acceptors (Lipinski definition) is 4. The smallest absolute Gasteiger partial charge is 0.252 e. The Hall–Kier alpha value is -2.26. The molecule has 2 aliphatic rings. The largest absolute Gasteiger partial charge is 0.316 e. The van der Waals surface area contributed by atoms with Crippen molar-refractivity contribution in [1.82, 2.24) is 0 Å². The number of halogens is 2. The number of benzene rings is 2. The average Bonchev–Trinajstić information content (AvgIpc) is 3.09. The molecule has 2 saturated heterocycles. The summed E-state index contributed by atoms with van der Waals surface area (Å²) in [6.07, 6.45) is 0.00916. The van der Waals surface area contributed by atoms with Crippen LogP contribution >= 0.6 is 11.8 Å². The lowest BCUT2D eigenvalue weighted by Gasteiger charge is -2.24. The Labute approximate surface area is 165 Å². The summed E-state index contributed by atoms with van der Waals surface area (Å²) < 4.78 is 50.4. The maximum atomic E-state index is 13.3. The summed E-state index contributed by atoms with van der Waals surface area (Å²) in [6.45, 7) is 0. The fourth-order valence-corrected chi connectivity index (χ4v) is 7.32. The minimum absolute atomic E-state index is 0.00916. The van der Waals surface area contributed by atoms with E-state index in [9.17, 15) is 22.0 Å². The van der Waals surface area contributed by atoms with Crippen LogP contribution in [0.5, 0.6) is 0 Å². The molecule has 4 rings (SSSR count). The second-order valence-corrected chi connectivity index (χ2v) is 10.1. The number of rotatable bonds is 3. The summed E-state index contributed by atoms with van der Waals surface area (Å²) in [5, 5.41) is 0.177. The Morgan fingerprint density at radius 1 is 1.04 bits per heavy atom. The van der Waals surface area contributed by atoms with Crippen molar-refractivity contribution in [3.8, 4) is 0 Å². The van der Waals surface area contributed by atoms with E-state index in [1.54, 1.807) is 17.0 Å². The van der Waals surface area contributed by atoms with Gasteiger partial charge < -0.3 is 4.90 Å². The molecular weight excluding hydrogens is 406 g/mol. The Morgan fingerprint density at radius 2 is 1.64 bits per heavy atom. The fraction of sp³-hybridized carbons (Fsp3) is 0.263. The van der Waals surface area contributed by atoms with Gasteiger partial charge in [-0.25, -0.2) is 17.2 Å². The first kappa shape index (κ1) is 19.1. The fourth-order valence-electron chi connectivity index (χ4n) is 3.39. The molecule has 2 heterocycles. The zero-order chi connectivity index (χ0) is 19.9. The maximum absolute atomic E-state index is 13.3. The molecule has 0 radical (unpaired) electrons. The number of anilines is 1. The molecule has 0 aliphatic carbocycles. The van der Waals surface area contributed by atoms with Crippen LogP contribution in [0.3, 0.4) is 0 Å². The summed E-state index contributed by atoms with van der Waals surface area (Å²) >= 11 is 1.25. The molecule has 0 saturated carbocycles. The van der Waals surface area contributed by atoms with Crippen LogP contribution in [0.15, 0.2) is 53.5 Å². The lowest BCUT2D eigenvalue weighted by atomic mass is 10.1. The van der Waals surface area contributed by atoms with Crippen molar-refractivity contribution in [1.29, 1.82) is 0 Å². The Morgan fingerprint density at radius 3 is 2.29 bits per heavy atom. The molecule has 0 aromatic heterocycles. The molecule has 2 unspecified atom stereocenters. The van der Waals surface area contributed by atoms with Gasteiger partial charge in [-0.3, -0.25) is 4.79 Å². The third-order valence-corrected chi connectivity index (χ3v) is 7.87. The normalized spacial score (nSPS) is 24.5. The van der Waals surface area contributed by atoms with Crippen LogP contribution in [-0.2, 0) is 21.1 Å². The molecule has 2 aromatic rings. The predicted molar refractivity (Wildman–Crippen MR) is 105 cm³/mol. The number of aliphatic imine (C=N–C) groups is 1. The van der Waals surface area contributed by atoms with Gasteiger partial charge in [0.05, 0.1) is 24.0 Å². The molecule has 2 aliphatic heterocycles. The van der Waals surface area contributed by atoms with Crippen molar-refractivity contribution in [2.75, 3.05) is 16.4 Å². The van der Waals surface area contributed by atoms with E-state index in [4.69, 9.17) is 0 Å². The van der Waals surface area contributed by atoms with Crippen molar-refractivity contribution in [2.45, 2.75) is 17.7 Å². The molecule has 2 fully saturated rings. The molecule has 0 bridgehead atoms. The van der Waals surface area contributed by atoms with Gasteiger partial charge in [0.25, 0.3) is 5.91 Å². The Balaban J connectivity index is 1.62. The molecule has 0 N–H and O–H groups in total. The van der Waals surface area contributed by atoms with Crippen molar-refractivity contribution in [2.24, 2.45) is 4.99 Å². The van der Waals surface area contributed by atoms with Crippen LogP contribution in [0.25, 0.3) is 0 Å². The van der Waals surface area contributed by atoms with Crippen LogP contribution in [0.4, 0.5) is 14.5 Å². The van der Waals surface area contributed by atoms with Gasteiger partial charge in [0.2, 0.25) is 0 Å². The Bertz CT molecular complexity index is 1040. The number of carbonyl (C=O) groups is 1. The zero-order valence-corrected chi connectivity index (χ0v) is 16.2. The van der Waals surface area contributed by atoms with Gasteiger partial charge in [-0.2, -0.15) is 4.99 Å². The van der Waals surface area contributed by atoms with E-state index in [1.807, 2.05) is 0 Å². The molecular formula is C19H16F2N2O3S2. The third-order valence-electron chi connectivity index (χ3n) is 4.66. The molecule has 2 atom stereocenters. The number of nitrogens with zero attached hydrogens (tertiary/aromatic N) is 2. The van der Waals surface area contributed by atoms with E-state index in [2.05, 4.69) is 4.99 Å². The molecule has 2 aromatic carbocycles. The molecule has 0 spiro atoms. The van der Waals surface area contributed by atoms with Crippen molar-refractivity contribution in [3.63, 3.8) is 0 Å². The van der Waals surface area contributed by atoms with E-state index in [0.29, 0.717) is 16.4 Å². The van der Waals surface area contributed by atoms with Crippen LogP contribution in [0, 0.1) is 11.6 Å². The van der Waals surface area contributed by atoms with Gasteiger partial charge in [0, 0.05) is 10.9 Å². The van der Waals surface area contributed by atoms with Crippen molar-refractivity contribution < 1.29 is 22.0 Å². The second-order valence-electron chi connectivity index (χ2n) is 6.74. The van der Waals surface area contributed by atoms with Crippen molar-refractivity contribution in [3.05, 3.63) is 65.7 Å². The molecule has 146 valence electrons. The number of carbonyl (C=O) groups excluding carboxylic acids is 1. The highest BCUT2D eigenvalue weighted by Gasteiger charge is 2.49. The second kappa shape index (κ2) is 7.29. The number of amidine groups is 1. The maximum Gasteiger partial charge on any atom is 0.252 e. The van der Waals surface area contributed by atoms with E-state index < -0.39 is 21.6 Å². The highest BCUT2D eigenvalue weighted by atomic mass is 32.2. The topological polar surface area (TPSA) is 66.8 Å². The van der Waals surface area contributed by atoms with Gasteiger partial charge in [-0.1, -0.05) is 23.9 Å². The summed E-state index contributed by atoms with van der Waals surface area (Å²) in [7, 11) is -3.17. The quantitative estimate of drug-likeness (QED) is 0.761. The SMILES string of the molecule is O=C(Cc1ccc(F)cc1)N=C1SC2CS(=O)(=O)CC2N1c1ccc(F)cc1.